The number of anilines is 4. The van der Waals surface area contributed by atoms with Crippen molar-refractivity contribution in [2.24, 2.45) is 0 Å². The van der Waals surface area contributed by atoms with Crippen LogP contribution in [-0.2, 0) is 6.42 Å². The largest absolute Gasteiger partial charge is 0.393 e. The number of aryl methyl sites for hydroxylation is 2. The summed E-state index contributed by atoms with van der Waals surface area (Å²) >= 11 is 0. The van der Waals surface area contributed by atoms with Crippen molar-refractivity contribution in [3.8, 4) is 0 Å². The molecule has 0 aliphatic heterocycles. The highest BCUT2D eigenvalue weighted by Crippen LogP contribution is 2.26. The van der Waals surface area contributed by atoms with Gasteiger partial charge in [0.05, 0.1) is 0 Å². The SMILES string of the molecule is Cc1cc(C)cc(Nc2ncnc(NCCc3ccccc3)c2N)c1. The fourth-order valence-corrected chi connectivity index (χ4v) is 2.79. The van der Waals surface area contributed by atoms with E-state index in [-0.39, 0.29) is 0 Å². The molecule has 5 heteroatoms. The first-order valence-corrected chi connectivity index (χ1v) is 8.35. The van der Waals surface area contributed by atoms with Crippen molar-refractivity contribution in [2.45, 2.75) is 20.3 Å². The molecule has 0 aliphatic rings. The van der Waals surface area contributed by atoms with Crippen molar-refractivity contribution in [1.82, 2.24) is 9.97 Å². The lowest BCUT2D eigenvalue weighted by Crippen LogP contribution is -2.10. The van der Waals surface area contributed by atoms with Crippen LogP contribution in [0, 0.1) is 13.8 Å². The lowest BCUT2D eigenvalue weighted by Gasteiger charge is -2.13. The number of nitrogen functional groups attached to an aromatic ring is 1. The van der Waals surface area contributed by atoms with Crippen LogP contribution in [-0.4, -0.2) is 16.5 Å². The molecule has 0 unspecified atom stereocenters. The number of rotatable bonds is 6. The Bertz CT molecular complexity index is 826. The van der Waals surface area contributed by atoms with E-state index < -0.39 is 0 Å². The predicted molar refractivity (Wildman–Crippen MR) is 104 cm³/mol. The predicted octanol–water partition coefficient (Wildman–Crippen LogP) is 4.07. The molecule has 2 aromatic carbocycles. The van der Waals surface area contributed by atoms with Crippen molar-refractivity contribution < 1.29 is 0 Å². The Hall–Kier alpha value is -3.08. The molecule has 0 spiro atoms. The number of aromatic nitrogens is 2. The smallest absolute Gasteiger partial charge is 0.159 e. The normalized spacial score (nSPS) is 10.5. The minimum absolute atomic E-state index is 0.523. The summed E-state index contributed by atoms with van der Waals surface area (Å²) in [5.41, 5.74) is 11.4. The molecule has 3 rings (SSSR count). The van der Waals surface area contributed by atoms with Crippen molar-refractivity contribution >= 4 is 23.0 Å². The third kappa shape index (κ3) is 4.47. The second kappa shape index (κ2) is 7.66. The van der Waals surface area contributed by atoms with Gasteiger partial charge in [-0.3, -0.25) is 0 Å². The van der Waals surface area contributed by atoms with Crippen LogP contribution in [0.5, 0.6) is 0 Å². The number of hydrogen-bond donors (Lipinski definition) is 3. The summed E-state index contributed by atoms with van der Waals surface area (Å²) in [6, 6.07) is 16.6. The molecule has 1 heterocycles. The minimum atomic E-state index is 0.523. The molecule has 0 fully saturated rings. The fraction of sp³-hybridized carbons (Fsp3) is 0.200. The summed E-state index contributed by atoms with van der Waals surface area (Å²) < 4.78 is 0. The molecule has 5 nitrogen and oxygen atoms in total. The Labute approximate surface area is 148 Å². The van der Waals surface area contributed by atoms with Gasteiger partial charge in [-0.05, 0) is 49.1 Å². The summed E-state index contributed by atoms with van der Waals surface area (Å²) in [6.07, 6.45) is 2.43. The number of nitrogens with zero attached hydrogens (tertiary/aromatic N) is 2. The highest BCUT2D eigenvalue weighted by Gasteiger charge is 2.08. The Balaban J connectivity index is 1.69. The minimum Gasteiger partial charge on any atom is -0.393 e. The molecular formula is C20H23N5. The first-order valence-electron chi connectivity index (χ1n) is 8.35. The van der Waals surface area contributed by atoms with Crippen LogP contribution in [0.15, 0.2) is 54.9 Å². The van der Waals surface area contributed by atoms with Crippen molar-refractivity contribution in [2.75, 3.05) is 22.9 Å². The van der Waals surface area contributed by atoms with E-state index in [4.69, 9.17) is 5.73 Å². The van der Waals surface area contributed by atoms with E-state index in [9.17, 15) is 0 Å². The van der Waals surface area contributed by atoms with Gasteiger partial charge in [0.25, 0.3) is 0 Å². The maximum Gasteiger partial charge on any atom is 0.159 e. The Morgan fingerprint density at radius 1 is 0.920 bits per heavy atom. The van der Waals surface area contributed by atoms with Gasteiger partial charge in [0.15, 0.2) is 11.6 Å². The maximum atomic E-state index is 6.24. The molecule has 0 amide bonds. The Morgan fingerprint density at radius 3 is 2.32 bits per heavy atom. The number of nitrogens with one attached hydrogen (secondary N) is 2. The molecule has 3 aromatic rings. The zero-order valence-electron chi connectivity index (χ0n) is 14.6. The van der Waals surface area contributed by atoms with Crippen molar-refractivity contribution in [1.29, 1.82) is 0 Å². The van der Waals surface area contributed by atoms with Crippen LogP contribution in [0.2, 0.25) is 0 Å². The standard InChI is InChI=1S/C20H23N5/c1-14-10-15(2)12-17(11-14)25-20-18(21)19(23-13-24-20)22-9-8-16-6-4-3-5-7-16/h3-7,10-13H,8-9,21H2,1-2H3,(H2,22,23,24,25). The molecule has 0 bridgehead atoms. The molecule has 4 N–H and O–H groups in total. The first kappa shape index (κ1) is 16.8. The van der Waals surface area contributed by atoms with Gasteiger partial charge in [-0.15, -0.1) is 0 Å². The summed E-state index contributed by atoms with van der Waals surface area (Å²) in [5.74, 6) is 1.26. The van der Waals surface area contributed by atoms with Gasteiger partial charge in [-0.25, -0.2) is 9.97 Å². The van der Waals surface area contributed by atoms with Crippen LogP contribution in [0.1, 0.15) is 16.7 Å². The van der Waals surface area contributed by atoms with Gasteiger partial charge in [-0.1, -0.05) is 36.4 Å². The number of nitrogens with two attached hydrogens (primary N) is 1. The third-order valence-electron chi connectivity index (χ3n) is 3.92. The van der Waals surface area contributed by atoms with E-state index in [0.717, 1.165) is 18.7 Å². The quantitative estimate of drug-likeness (QED) is 0.634. The van der Waals surface area contributed by atoms with E-state index in [1.807, 2.05) is 18.2 Å². The van der Waals surface area contributed by atoms with Crippen molar-refractivity contribution in [3.63, 3.8) is 0 Å². The molecule has 128 valence electrons. The first-order chi connectivity index (χ1) is 12.1. The van der Waals surface area contributed by atoms with Gasteiger partial charge in [0, 0.05) is 12.2 Å². The van der Waals surface area contributed by atoms with Gasteiger partial charge in [0.1, 0.15) is 12.0 Å². The molecule has 0 saturated carbocycles. The summed E-state index contributed by atoms with van der Waals surface area (Å²) in [5, 5.41) is 6.58. The number of benzene rings is 2. The zero-order chi connectivity index (χ0) is 17.6. The zero-order valence-corrected chi connectivity index (χ0v) is 14.6. The highest BCUT2D eigenvalue weighted by molar-refractivity contribution is 5.77. The molecule has 0 atom stereocenters. The second-order valence-corrected chi connectivity index (χ2v) is 6.15. The van der Waals surface area contributed by atoms with Crippen LogP contribution in [0.25, 0.3) is 0 Å². The molecule has 25 heavy (non-hydrogen) atoms. The van der Waals surface area contributed by atoms with Crippen LogP contribution in [0.4, 0.5) is 23.0 Å². The Kier molecular flexibility index (Phi) is 5.14. The van der Waals surface area contributed by atoms with E-state index in [1.54, 1.807) is 0 Å². The van der Waals surface area contributed by atoms with E-state index in [0.29, 0.717) is 17.3 Å². The highest BCUT2D eigenvalue weighted by atomic mass is 15.1. The molecule has 0 radical (unpaired) electrons. The van der Waals surface area contributed by atoms with E-state index in [1.165, 1.54) is 23.0 Å². The van der Waals surface area contributed by atoms with Gasteiger partial charge in [-0.2, -0.15) is 0 Å². The van der Waals surface area contributed by atoms with Crippen LogP contribution in [0.3, 0.4) is 0 Å². The average molecular weight is 333 g/mol. The van der Waals surface area contributed by atoms with E-state index >= 15 is 0 Å². The van der Waals surface area contributed by atoms with Gasteiger partial charge >= 0.3 is 0 Å². The average Bonchev–Trinajstić information content (AvgIpc) is 2.58. The lowest BCUT2D eigenvalue weighted by molar-refractivity contribution is 1.00. The monoisotopic (exact) mass is 333 g/mol. The molecule has 0 saturated heterocycles. The Morgan fingerprint density at radius 2 is 1.60 bits per heavy atom. The summed E-state index contributed by atoms with van der Waals surface area (Å²) in [6.45, 7) is 4.89. The molecule has 0 aliphatic carbocycles. The fourth-order valence-electron chi connectivity index (χ4n) is 2.79. The molecule has 1 aromatic heterocycles. The van der Waals surface area contributed by atoms with Gasteiger partial charge in [0.2, 0.25) is 0 Å². The lowest BCUT2D eigenvalue weighted by atomic mass is 10.1. The number of hydrogen-bond acceptors (Lipinski definition) is 5. The second-order valence-electron chi connectivity index (χ2n) is 6.15. The van der Waals surface area contributed by atoms with Crippen LogP contribution < -0.4 is 16.4 Å². The topological polar surface area (TPSA) is 75.9 Å². The summed E-state index contributed by atoms with van der Waals surface area (Å²) in [4.78, 5) is 8.53. The summed E-state index contributed by atoms with van der Waals surface area (Å²) in [7, 11) is 0. The maximum absolute atomic E-state index is 6.24. The third-order valence-corrected chi connectivity index (χ3v) is 3.92. The van der Waals surface area contributed by atoms with Gasteiger partial charge < -0.3 is 16.4 Å². The molecular weight excluding hydrogens is 310 g/mol. The van der Waals surface area contributed by atoms with Crippen LogP contribution >= 0.6 is 0 Å². The van der Waals surface area contributed by atoms with E-state index in [2.05, 4.69) is 64.8 Å². The van der Waals surface area contributed by atoms with Crippen molar-refractivity contribution in [3.05, 3.63) is 71.5 Å².